The van der Waals surface area contributed by atoms with Crippen LogP contribution < -0.4 is 5.32 Å². The Morgan fingerprint density at radius 2 is 1.79 bits per heavy atom. The highest BCUT2D eigenvalue weighted by Gasteiger charge is 2.38. The van der Waals surface area contributed by atoms with Gasteiger partial charge in [-0.2, -0.15) is 17.0 Å². The quantitative estimate of drug-likeness (QED) is 0.0903. The zero-order valence-corrected chi connectivity index (χ0v) is 26.2. The fraction of sp³-hybridized carbons (Fsp3) is 0.483. The number of anilines is 1. The van der Waals surface area contributed by atoms with E-state index in [1.54, 1.807) is 56.0 Å². The average molecular weight is 624 g/mol. The van der Waals surface area contributed by atoms with Crippen molar-refractivity contribution >= 4 is 45.7 Å². The molecule has 2 rings (SSSR count). The molecular weight excluding hydrogens is 582 g/mol. The number of unbranched alkanes of at least 4 members (excludes halogenated alkanes) is 2. The van der Waals surface area contributed by atoms with E-state index in [0.29, 0.717) is 17.1 Å². The van der Waals surface area contributed by atoms with E-state index < -0.39 is 27.8 Å². The topological polar surface area (TPSA) is 132 Å². The normalized spacial score (nSPS) is 14.8. The van der Waals surface area contributed by atoms with Gasteiger partial charge in [-0.15, -0.1) is 13.2 Å². The molecule has 0 atom stereocenters. The minimum atomic E-state index is -4.21. The summed E-state index contributed by atoms with van der Waals surface area (Å²) in [7, 11) is -4.21. The maximum Gasteiger partial charge on any atom is 0.425 e. The first-order chi connectivity index (χ1) is 19.8. The molecule has 1 saturated heterocycles. The van der Waals surface area contributed by atoms with Gasteiger partial charge in [0.25, 0.3) is 5.91 Å². The van der Waals surface area contributed by atoms with Gasteiger partial charge in [0.15, 0.2) is 0 Å². The van der Waals surface area contributed by atoms with Crippen molar-refractivity contribution in [2.75, 3.05) is 44.6 Å². The highest BCUT2D eigenvalue weighted by molar-refractivity contribution is 7.87. The molecule has 2 N–H and O–H groups in total. The van der Waals surface area contributed by atoms with Crippen molar-refractivity contribution in [3.05, 3.63) is 66.1 Å². The minimum Gasteiger partial charge on any atom is -0.486 e. The van der Waals surface area contributed by atoms with E-state index in [1.807, 2.05) is 0 Å². The molecule has 0 radical (unpaired) electrons. The van der Waals surface area contributed by atoms with Crippen molar-refractivity contribution in [2.24, 2.45) is 0 Å². The predicted octanol–water partition coefficient (Wildman–Crippen LogP) is 5.19. The van der Waals surface area contributed by atoms with E-state index in [9.17, 15) is 18.0 Å². The van der Waals surface area contributed by atoms with Crippen molar-refractivity contribution in [2.45, 2.75) is 52.1 Å². The van der Waals surface area contributed by atoms with Gasteiger partial charge < -0.3 is 25.1 Å². The number of nitrogens with zero attached hydrogens (tertiary/aromatic N) is 3. The number of nitrogens with one attached hydrogen (secondary N) is 2. The Labute approximate surface area is 254 Å². The first-order valence-electron chi connectivity index (χ1n) is 13.8. The van der Waals surface area contributed by atoms with Crippen LogP contribution in [-0.2, 0) is 24.5 Å². The Balaban J connectivity index is 2.28. The largest absolute Gasteiger partial charge is 0.486 e. The Bertz CT molecular complexity index is 1250. The number of allylic oxidation sites excluding steroid dienone is 2. The van der Waals surface area contributed by atoms with E-state index in [4.69, 9.17) is 26.5 Å². The minimum absolute atomic E-state index is 0.00951. The van der Waals surface area contributed by atoms with E-state index >= 15 is 0 Å². The van der Waals surface area contributed by atoms with Gasteiger partial charge in [0.1, 0.15) is 11.3 Å². The number of amides is 2. The molecule has 1 aromatic rings. The molecule has 1 heterocycles. The third-order valence-corrected chi connectivity index (χ3v) is 8.17. The van der Waals surface area contributed by atoms with Gasteiger partial charge in [0.05, 0.1) is 6.61 Å². The van der Waals surface area contributed by atoms with Crippen molar-refractivity contribution in [3.8, 4) is 0 Å². The van der Waals surface area contributed by atoms with Crippen LogP contribution in [-0.4, -0.2) is 85.1 Å². The molecule has 232 valence electrons. The van der Waals surface area contributed by atoms with Crippen LogP contribution in [0.3, 0.4) is 0 Å². The summed E-state index contributed by atoms with van der Waals surface area (Å²) in [6.45, 7) is 12.8. The van der Waals surface area contributed by atoms with Gasteiger partial charge >= 0.3 is 16.3 Å². The van der Waals surface area contributed by atoms with Crippen molar-refractivity contribution in [1.29, 1.82) is 5.41 Å². The maximum absolute atomic E-state index is 13.5. The number of carbonyl (C=O) groups excluding carboxylic acids is 2. The smallest absolute Gasteiger partial charge is 0.425 e. The molecule has 0 aliphatic carbocycles. The summed E-state index contributed by atoms with van der Waals surface area (Å²) in [5.41, 5.74) is -0.206. The van der Waals surface area contributed by atoms with Crippen LogP contribution in [0.4, 0.5) is 10.5 Å². The number of hydrogen-bond acceptors (Lipinski definition) is 8. The number of hydrogen-bond donors (Lipinski definition) is 2. The number of benzene rings is 1. The predicted molar refractivity (Wildman–Crippen MR) is 166 cm³/mol. The number of halogens is 1. The van der Waals surface area contributed by atoms with Gasteiger partial charge in [-0.25, -0.2) is 4.79 Å². The molecule has 0 unspecified atom stereocenters. The maximum atomic E-state index is 13.5. The Hall–Kier alpha value is -3.35. The Kier molecular flexibility index (Phi) is 13.5. The van der Waals surface area contributed by atoms with E-state index in [-0.39, 0.29) is 57.2 Å². The summed E-state index contributed by atoms with van der Waals surface area (Å²) in [5.74, 6) is -0.615. The van der Waals surface area contributed by atoms with E-state index in [2.05, 4.69) is 18.5 Å². The zero-order chi connectivity index (χ0) is 31.3. The summed E-state index contributed by atoms with van der Waals surface area (Å²) < 4.78 is 40.2. The zero-order valence-electron chi connectivity index (χ0n) is 24.6. The molecule has 13 heteroatoms. The van der Waals surface area contributed by atoms with E-state index in [0.717, 1.165) is 23.4 Å². The highest BCUT2D eigenvalue weighted by Crippen LogP contribution is 2.22. The lowest BCUT2D eigenvalue weighted by molar-refractivity contribution is -0.116. The van der Waals surface area contributed by atoms with E-state index in [1.165, 1.54) is 10.4 Å². The third kappa shape index (κ3) is 10.5. The van der Waals surface area contributed by atoms with Crippen molar-refractivity contribution in [3.63, 3.8) is 0 Å². The van der Waals surface area contributed by atoms with Crippen LogP contribution in [0.2, 0.25) is 5.02 Å². The number of ether oxygens (including phenoxy) is 2. The fourth-order valence-corrected chi connectivity index (χ4v) is 5.65. The molecule has 11 nitrogen and oxygen atoms in total. The average Bonchev–Trinajstić information content (AvgIpc) is 2.91. The lowest BCUT2D eigenvalue weighted by Gasteiger charge is -2.38. The van der Waals surface area contributed by atoms with Gasteiger partial charge in [-0.05, 0) is 64.7 Å². The molecule has 2 amide bonds. The Morgan fingerprint density at radius 3 is 2.36 bits per heavy atom. The summed E-state index contributed by atoms with van der Waals surface area (Å²) in [5, 5.41) is 11.3. The standard InChI is InChI=1S/C29H42ClN5O6S/c1-6-8-10-11-20-40-26(27(36)32-24-14-12-13-23(30)21-24)25(22-31)33-16-18-34(19-17-33)42(38,39)35(15-9-7-2)28(37)41-29(3,4)5/h6-7,12-14,21-22,31H,1-2,8-11,15-20H2,3-5H3,(H,32,36)/b26-25-,31-22?. The molecule has 0 saturated carbocycles. The number of rotatable bonds is 15. The molecule has 1 aliphatic heterocycles. The van der Waals surface area contributed by atoms with Crippen LogP contribution in [0, 0.1) is 5.41 Å². The number of piperazine rings is 1. The summed E-state index contributed by atoms with van der Waals surface area (Å²) in [6.07, 6.45) is 5.95. The van der Waals surface area contributed by atoms with Crippen LogP contribution >= 0.6 is 11.6 Å². The van der Waals surface area contributed by atoms with Crippen LogP contribution in [0.25, 0.3) is 0 Å². The lowest BCUT2D eigenvalue weighted by Crippen LogP contribution is -2.55. The van der Waals surface area contributed by atoms with Crippen molar-refractivity contribution in [1.82, 2.24) is 13.5 Å². The molecule has 42 heavy (non-hydrogen) atoms. The molecule has 1 fully saturated rings. The first-order valence-corrected chi connectivity index (χ1v) is 15.5. The summed E-state index contributed by atoms with van der Waals surface area (Å²) in [4.78, 5) is 27.9. The van der Waals surface area contributed by atoms with Gasteiger partial charge in [0.2, 0.25) is 5.76 Å². The molecule has 0 spiro atoms. The summed E-state index contributed by atoms with van der Waals surface area (Å²) in [6, 6.07) is 6.66. The van der Waals surface area contributed by atoms with Crippen molar-refractivity contribution < 1.29 is 27.5 Å². The molecule has 1 aliphatic rings. The number of carbonyl (C=O) groups is 2. The second-order valence-corrected chi connectivity index (χ2v) is 12.8. The molecule has 1 aromatic carbocycles. The Morgan fingerprint density at radius 1 is 1.12 bits per heavy atom. The fourth-order valence-electron chi connectivity index (χ4n) is 4.00. The second-order valence-electron chi connectivity index (χ2n) is 10.5. The van der Waals surface area contributed by atoms with Gasteiger partial charge in [-0.3, -0.25) is 4.79 Å². The van der Waals surface area contributed by atoms with Gasteiger partial charge in [0, 0.05) is 49.6 Å². The van der Waals surface area contributed by atoms with Crippen LogP contribution in [0.1, 0.15) is 46.5 Å². The molecular formula is C29H42ClN5O6S. The SMILES string of the molecule is C=CCCCCO/C(C(=O)Nc1cccc(Cl)c1)=C(/C=N)N1CCN(S(=O)(=O)N(CCC=C)C(=O)OC(C)(C)C)CC1. The lowest BCUT2D eigenvalue weighted by atomic mass is 10.2. The second kappa shape index (κ2) is 16.3. The summed E-state index contributed by atoms with van der Waals surface area (Å²) >= 11 is 6.07. The third-order valence-electron chi connectivity index (χ3n) is 6.02. The first kappa shape index (κ1) is 34.8. The monoisotopic (exact) mass is 623 g/mol. The van der Waals surface area contributed by atoms with Crippen LogP contribution in [0.15, 0.2) is 61.0 Å². The van der Waals surface area contributed by atoms with Crippen LogP contribution in [0.5, 0.6) is 0 Å². The molecule has 0 bridgehead atoms. The highest BCUT2D eigenvalue weighted by atomic mass is 35.5. The van der Waals surface area contributed by atoms with Gasteiger partial charge in [-0.1, -0.05) is 29.8 Å². The molecule has 0 aromatic heterocycles.